The van der Waals surface area contributed by atoms with Gasteiger partial charge in [0, 0.05) is 26.7 Å². The van der Waals surface area contributed by atoms with Crippen LogP contribution in [0.25, 0.3) is 6.08 Å². The number of carbonyl (C=O) groups is 1. The number of carbonyl (C=O) groups excluding carboxylic acids is 1. The zero-order valence-corrected chi connectivity index (χ0v) is 17.7. The Hall–Kier alpha value is -2.16. The number of hydrogen-bond donors (Lipinski definition) is 1. The number of rotatable bonds is 7. The maximum absolute atomic E-state index is 12.0. The smallest absolute Gasteiger partial charge is 0.244 e. The van der Waals surface area contributed by atoms with E-state index >= 15 is 0 Å². The Morgan fingerprint density at radius 3 is 2.41 bits per heavy atom. The van der Waals surface area contributed by atoms with Crippen LogP contribution < -0.4 is 10.1 Å². The van der Waals surface area contributed by atoms with Crippen LogP contribution in [0.3, 0.4) is 0 Å². The summed E-state index contributed by atoms with van der Waals surface area (Å²) in [7, 11) is 1.10. The second-order valence-electron chi connectivity index (χ2n) is 5.88. The number of nitrogens with one attached hydrogen (secondary N) is 1. The normalized spacial score (nSPS) is 11.7. The first-order valence-corrected chi connectivity index (χ1v) is 10.3. The number of halogens is 1. The minimum atomic E-state index is -3.46. The van der Waals surface area contributed by atoms with Crippen molar-refractivity contribution in [3.63, 3.8) is 0 Å². The average molecular weight is 453 g/mol. The van der Waals surface area contributed by atoms with E-state index in [0.29, 0.717) is 6.54 Å². The minimum absolute atomic E-state index is 0.208. The van der Waals surface area contributed by atoms with E-state index < -0.39 is 10.0 Å². The summed E-state index contributed by atoms with van der Waals surface area (Å²) in [4.78, 5) is 12.2. The van der Waals surface area contributed by atoms with Crippen molar-refractivity contribution in [1.29, 1.82) is 0 Å². The van der Waals surface area contributed by atoms with Gasteiger partial charge in [-0.3, -0.25) is 4.79 Å². The van der Waals surface area contributed by atoms with Crippen LogP contribution in [-0.2, 0) is 21.4 Å². The van der Waals surface area contributed by atoms with Gasteiger partial charge in [0.1, 0.15) is 5.75 Å². The molecule has 2 rings (SSSR count). The lowest BCUT2D eigenvalue weighted by molar-refractivity contribution is -0.116. The summed E-state index contributed by atoms with van der Waals surface area (Å²) in [5.74, 6) is 0.483. The Morgan fingerprint density at radius 1 is 1.19 bits per heavy atom. The molecule has 0 aliphatic carbocycles. The van der Waals surface area contributed by atoms with Gasteiger partial charge >= 0.3 is 0 Å². The van der Waals surface area contributed by atoms with E-state index in [4.69, 9.17) is 4.74 Å². The van der Waals surface area contributed by atoms with Gasteiger partial charge in [-0.15, -0.1) is 0 Å². The van der Waals surface area contributed by atoms with E-state index in [0.717, 1.165) is 25.7 Å². The van der Waals surface area contributed by atoms with E-state index in [1.165, 1.54) is 32.3 Å². The molecule has 0 saturated heterocycles. The molecule has 2 aromatic carbocycles. The van der Waals surface area contributed by atoms with Crippen LogP contribution in [0.2, 0.25) is 0 Å². The summed E-state index contributed by atoms with van der Waals surface area (Å²) < 4.78 is 31.2. The number of amides is 1. The average Bonchev–Trinajstić information content (AvgIpc) is 2.65. The van der Waals surface area contributed by atoms with E-state index in [1.807, 2.05) is 18.2 Å². The van der Waals surface area contributed by atoms with Gasteiger partial charge in [0.15, 0.2) is 0 Å². The Bertz CT molecular complexity index is 939. The molecular weight excluding hydrogens is 432 g/mol. The summed E-state index contributed by atoms with van der Waals surface area (Å²) in [6, 6.07) is 11.9. The minimum Gasteiger partial charge on any atom is -0.496 e. The molecule has 1 N–H and O–H groups in total. The molecule has 0 fully saturated rings. The summed E-state index contributed by atoms with van der Waals surface area (Å²) in [5.41, 5.74) is 1.66. The van der Waals surface area contributed by atoms with Crippen LogP contribution in [0, 0.1) is 0 Å². The molecule has 0 heterocycles. The molecule has 0 spiro atoms. The largest absolute Gasteiger partial charge is 0.496 e. The van der Waals surface area contributed by atoms with Gasteiger partial charge in [-0.25, -0.2) is 12.7 Å². The van der Waals surface area contributed by atoms with E-state index in [1.54, 1.807) is 25.3 Å². The SMILES string of the molecule is COc1ccc(CNC(=O)/C=C/c2ccc(S(=O)(=O)N(C)C)cc2)cc1Br. The van der Waals surface area contributed by atoms with Crippen LogP contribution >= 0.6 is 15.9 Å². The fourth-order valence-corrected chi connectivity index (χ4v) is 3.69. The predicted molar refractivity (Wildman–Crippen MR) is 109 cm³/mol. The van der Waals surface area contributed by atoms with Crippen molar-refractivity contribution < 1.29 is 17.9 Å². The second kappa shape index (κ2) is 9.16. The predicted octanol–water partition coefficient (Wildman–Crippen LogP) is 3.04. The monoisotopic (exact) mass is 452 g/mol. The molecule has 0 radical (unpaired) electrons. The first kappa shape index (κ1) is 21.1. The Kier molecular flexibility index (Phi) is 7.18. The molecule has 27 heavy (non-hydrogen) atoms. The van der Waals surface area contributed by atoms with Crippen molar-refractivity contribution in [3.8, 4) is 5.75 Å². The number of benzene rings is 2. The number of hydrogen-bond acceptors (Lipinski definition) is 4. The molecule has 0 unspecified atom stereocenters. The number of methoxy groups -OCH3 is 1. The molecular formula is C19H21BrN2O4S. The highest BCUT2D eigenvalue weighted by atomic mass is 79.9. The van der Waals surface area contributed by atoms with Crippen LogP contribution in [0.1, 0.15) is 11.1 Å². The zero-order chi connectivity index (χ0) is 20.0. The summed E-state index contributed by atoms with van der Waals surface area (Å²) in [6.45, 7) is 0.381. The first-order chi connectivity index (χ1) is 12.7. The highest BCUT2D eigenvalue weighted by molar-refractivity contribution is 9.10. The molecule has 6 nitrogen and oxygen atoms in total. The summed E-state index contributed by atoms with van der Waals surface area (Å²) in [5, 5.41) is 2.79. The van der Waals surface area contributed by atoms with Crippen LogP contribution in [0.5, 0.6) is 5.75 Å². The van der Waals surface area contributed by atoms with Crippen molar-refractivity contribution in [2.75, 3.05) is 21.2 Å². The van der Waals surface area contributed by atoms with E-state index in [9.17, 15) is 13.2 Å². The molecule has 0 bridgehead atoms. The quantitative estimate of drug-likeness (QED) is 0.654. The molecule has 1 amide bonds. The third-order valence-corrected chi connectivity index (χ3v) is 6.22. The van der Waals surface area contributed by atoms with Crippen molar-refractivity contribution in [1.82, 2.24) is 9.62 Å². The molecule has 2 aromatic rings. The lowest BCUT2D eigenvalue weighted by atomic mass is 10.2. The Morgan fingerprint density at radius 2 is 1.85 bits per heavy atom. The number of sulfonamides is 1. The van der Waals surface area contributed by atoms with Crippen LogP contribution in [0.4, 0.5) is 0 Å². The van der Waals surface area contributed by atoms with E-state index in [-0.39, 0.29) is 10.8 Å². The number of ether oxygens (including phenoxy) is 1. The van der Waals surface area contributed by atoms with Gasteiger partial charge < -0.3 is 10.1 Å². The molecule has 8 heteroatoms. The Balaban J connectivity index is 1.95. The van der Waals surface area contributed by atoms with Gasteiger partial charge in [0.25, 0.3) is 0 Å². The first-order valence-electron chi connectivity index (χ1n) is 8.05. The molecule has 0 aliphatic rings. The fraction of sp³-hybridized carbons (Fsp3) is 0.211. The van der Waals surface area contributed by atoms with Gasteiger partial charge in [0.2, 0.25) is 15.9 Å². The van der Waals surface area contributed by atoms with Crippen LogP contribution in [-0.4, -0.2) is 39.8 Å². The summed E-state index contributed by atoms with van der Waals surface area (Å²) in [6.07, 6.45) is 3.04. The van der Waals surface area contributed by atoms with Crippen molar-refractivity contribution in [2.24, 2.45) is 0 Å². The third kappa shape index (κ3) is 5.66. The second-order valence-corrected chi connectivity index (χ2v) is 8.88. The standard InChI is InChI=1S/C19H21BrN2O4S/c1-22(2)27(24,25)16-8-4-14(5-9-16)7-11-19(23)21-13-15-6-10-18(26-3)17(20)12-15/h4-12H,13H2,1-3H3,(H,21,23)/b11-7+. The maximum atomic E-state index is 12.0. The highest BCUT2D eigenvalue weighted by Gasteiger charge is 2.16. The Labute approximate surface area is 168 Å². The van der Waals surface area contributed by atoms with Gasteiger partial charge in [-0.1, -0.05) is 18.2 Å². The lowest BCUT2D eigenvalue weighted by Crippen LogP contribution is -2.22. The topological polar surface area (TPSA) is 75.7 Å². The van der Waals surface area contributed by atoms with Crippen molar-refractivity contribution in [3.05, 3.63) is 64.1 Å². The highest BCUT2D eigenvalue weighted by Crippen LogP contribution is 2.25. The van der Waals surface area contributed by atoms with E-state index in [2.05, 4.69) is 21.2 Å². The molecule has 144 valence electrons. The van der Waals surface area contributed by atoms with Gasteiger partial charge in [-0.05, 0) is 57.4 Å². The third-order valence-electron chi connectivity index (χ3n) is 3.77. The molecule has 0 aromatic heterocycles. The van der Waals surface area contributed by atoms with Crippen molar-refractivity contribution >= 4 is 37.9 Å². The van der Waals surface area contributed by atoms with Crippen molar-refractivity contribution in [2.45, 2.75) is 11.4 Å². The van der Waals surface area contributed by atoms with Crippen LogP contribution in [0.15, 0.2) is 57.9 Å². The zero-order valence-electron chi connectivity index (χ0n) is 15.3. The van der Waals surface area contributed by atoms with Gasteiger partial charge in [-0.2, -0.15) is 0 Å². The fourth-order valence-electron chi connectivity index (χ4n) is 2.20. The van der Waals surface area contributed by atoms with Gasteiger partial charge in [0.05, 0.1) is 16.5 Å². The maximum Gasteiger partial charge on any atom is 0.244 e. The molecule has 0 aliphatic heterocycles. The lowest BCUT2D eigenvalue weighted by Gasteiger charge is -2.11. The molecule has 0 saturated carbocycles. The summed E-state index contributed by atoms with van der Waals surface area (Å²) >= 11 is 3.41. The number of nitrogens with zero attached hydrogens (tertiary/aromatic N) is 1. The molecule has 0 atom stereocenters.